The van der Waals surface area contributed by atoms with E-state index in [0.717, 1.165) is 45.7 Å². The van der Waals surface area contributed by atoms with E-state index in [-0.39, 0.29) is 5.41 Å². The summed E-state index contributed by atoms with van der Waals surface area (Å²) >= 11 is 0. The Labute approximate surface area is 193 Å². The van der Waals surface area contributed by atoms with Crippen LogP contribution >= 0.6 is 0 Å². The molecular formula is C30H34N2. The summed E-state index contributed by atoms with van der Waals surface area (Å²) in [5.41, 5.74) is 15.8. The monoisotopic (exact) mass is 422 g/mol. The molecule has 0 radical (unpaired) electrons. The molecular weight excluding hydrogens is 388 g/mol. The van der Waals surface area contributed by atoms with Crippen LogP contribution in [0.3, 0.4) is 0 Å². The van der Waals surface area contributed by atoms with Crippen LogP contribution in [0, 0.1) is 12.3 Å². The summed E-state index contributed by atoms with van der Waals surface area (Å²) in [6, 6.07) is 16.7. The molecule has 0 saturated carbocycles. The number of hydrogen-bond acceptors (Lipinski definition) is 2. The molecule has 0 amide bonds. The lowest BCUT2D eigenvalue weighted by Crippen LogP contribution is -2.19. The quantitative estimate of drug-likeness (QED) is 0.358. The maximum atomic E-state index is 6.54. The molecule has 0 bridgehead atoms. The van der Waals surface area contributed by atoms with Crippen LogP contribution < -0.4 is 11.1 Å². The van der Waals surface area contributed by atoms with Gasteiger partial charge in [-0.15, -0.1) is 0 Å². The summed E-state index contributed by atoms with van der Waals surface area (Å²) < 4.78 is 0. The van der Waals surface area contributed by atoms with Gasteiger partial charge in [0.15, 0.2) is 0 Å². The van der Waals surface area contributed by atoms with Crippen LogP contribution in [0.25, 0.3) is 5.57 Å². The minimum Gasteiger partial charge on any atom is -0.398 e. The number of anilines is 1. The molecule has 1 aliphatic heterocycles. The molecule has 0 aromatic heterocycles. The van der Waals surface area contributed by atoms with Crippen LogP contribution in [0.2, 0.25) is 0 Å². The van der Waals surface area contributed by atoms with E-state index in [1.807, 2.05) is 24.4 Å². The molecule has 2 nitrogen and oxygen atoms in total. The molecule has 0 fully saturated rings. The predicted octanol–water partition coefficient (Wildman–Crippen LogP) is 7.48. The van der Waals surface area contributed by atoms with Crippen molar-refractivity contribution in [2.45, 2.75) is 34.1 Å². The molecule has 1 heterocycles. The van der Waals surface area contributed by atoms with Crippen LogP contribution in [0.5, 0.6) is 0 Å². The highest BCUT2D eigenvalue weighted by Crippen LogP contribution is 2.45. The maximum Gasteiger partial charge on any atom is 0.0394 e. The van der Waals surface area contributed by atoms with Crippen LogP contribution in [-0.4, -0.2) is 0 Å². The van der Waals surface area contributed by atoms with Gasteiger partial charge < -0.3 is 11.1 Å². The number of allylic oxidation sites excluding steroid dienone is 7. The van der Waals surface area contributed by atoms with Gasteiger partial charge >= 0.3 is 0 Å². The minimum absolute atomic E-state index is 0.240. The molecule has 1 aliphatic rings. The van der Waals surface area contributed by atoms with Crippen molar-refractivity contribution in [1.29, 1.82) is 0 Å². The molecule has 2 heteroatoms. The molecule has 164 valence electrons. The number of aryl methyl sites for hydroxylation is 1. The number of rotatable bonds is 7. The van der Waals surface area contributed by atoms with Gasteiger partial charge in [0.2, 0.25) is 0 Å². The van der Waals surface area contributed by atoms with Crippen molar-refractivity contribution in [3.05, 3.63) is 131 Å². The first kappa shape index (κ1) is 23.1. The Hall–Kier alpha value is -3.52. The normalized spacial score (nSPS) is 16.2. The van der Waals surface area contributed by atoms with Crippen molar-refractivity contribution in [2.24, 2.45) is 5.41 Å². The third kappa shape index (κ3) is 5.03. The summed E-state index contributed by atoms with van der Waals surface area (Å²) in [6.07, 6.45) is 11.4. The van der Waals surface area contributed by atoms with Gasteiger partial charge in [-0.1, -0.05) is 92.8 Å². The lowest BCUT2D eigenvalue weighted by Gasteiger charge is -2.33. The smallest absolute Gasteiger partial charge is 0.0394 e. The Kier molecular flexibility index (Phi) is 7.05. The van der Waals surface area contributed by atoms with Gasteiger partial charge in [-0.2, -0.15) is 0 Å². The van der Waals surface area contributed by atoms with Crippen LogP contribution in [0.15, 0.2) is 115 Å². The van der Waals surface area contributed by atoms with Gasteiger partial charge in [0.25, 0.3) is 0 Å². The van der Waals surface area contributed by atoms with Crippen molar-refractivity contribution in [2.75, 3.05) is 5.73 Å². The van der Waals surface area contributed by atoms with Crippen molar-refractivity contribution in [3.63, 3.8) is 0 Å². The number of benzene rings is 2. The van der Waals surface area contributed by atoms with Gasteiger partial charge in [-0.25, -0.2) is 0 Å². The van der Waals surface area contributed by atoms with Gasteiger partial charge in [0.05, 0.1) is 0 Å². The molecule has 3 rings (SSSR count). The first-order valence-corrected chi connectivity index (χ1v) is 11.1. The van der Waals surface area contributed by atoms with E-state index < -0.39 is 0 Å². The summed E-state index contributed by atoms with van der Waals surface area (Å²) in [7, 11) is 0. The summed E-state index contributed by atoms with van der Waals surface area (Å²) in [6.45, 7) is 17.0. The van der Waals surface area contributed by atoms with Crippen molar-refractivity contribution in [3.8, 4) is 0 Å². The average molecular weight is 423 g/mol. The van der Waals surface area contributed by atoms with E-state index in [1.165, 1.54) is 11.1 Å². The van der Waals surface area contributed by atoms with E-state index in [1.54, 1.807) is 0 Å². The predicted molar refractivity (Wildman–Crippen MR) is 140 cm³/mol. The standard InChI is InChI=1S/C30H34N2/c1-7-30(6,18-17-24-15-14-23(5)32-20-24)29(21(2)3)28(25-11-9-8-10-12-25)26-19-22(4)13-16-27(26)31/h8-20,32H,2,5,7,31H2,1,3-4,6H3/b18-17+,29-28+. The second-order valence-corrected chi connectivity index (χ2v) is 8.74. The van der Waals surface area contributed by atoms with Crippen molar-refractivity contribution in [1.82, 2.24) is 5.32 Å². The highest BCUT2D eigenvalue weighted by molar-refractivity contribution is 5.90. The Balaban J connectivity index is 2.28. The topological polar surface area (TPSA) is 38.0 Å². The summed E-state index contributed by atoms with van der Waals surface area (Å²) in [5.74, 6) is 0. The van der Waals surface area contributed by atoms with E-state index in [9.17, 15) is 0 Å². The molecule has 1 unspecified atom stereocenters. The molecule has 0 saturated heterocycles. The van der Waals surface area contributed by atoms with E-state index in [0.29, 0.717) is 0 Å². The number of nitrogens with one attached hydrogen (secondary N) is 1. The Bertz CT molecular complexity index is 1140. The number of dihydropyridines is 1. The lowest BCUT2D eigenvalue weighted by molar-refractivity contribution is 0.502. The first-order valence-electron chi connectivity index (χ1n) is 11.1. The SMILES string of the molecule is C=C1C=CC(/C=C/C(C)(CC)/C(C(=C)C)=C(\c2ccccc2)c2cc(C)ccc2N)=CN1. The average Bonchev–Trinajstić information content (AvgIpc) is 2.79. The Morgan fingerprint density at radius 1 is 1.12 bits per heavy atom. The van der Waals surface area contributed by atoms with Crippen LogP contribution in [0.4, 0.5) is 5.69 Å². The molecule has 32 heavy (non-hydrogen) atoms. The van der Waals surface area contributed by atoms with Gasteiger partial charge in [0.1, 0.15) is 0 Å². The fourth-order valence-electron chi connectivity index (χ4n) is 4.14. The zero-order chi connectivity index (χ0) is 23.3. The lowest BCUT2D eigenvalue weighted by atomic mass is 9.71. The third-order valence-corrected chi connectivity index (χ3v) is 6.07. The van der Waals surface area contributed by atoms with Gasteiger partial charge in [-0.3, -0.25) is 0 Å². The van der Waals surface area contributed by atoms with Gasteiger partial charge in [0, 0.05) is 28.6 Å². The van der Waals surface area contributed by atoms with E-state index >= 15 is 0 Å². The largest absolute Gasteiger partial charge is 0.398 e. The Morgan fingerprint density at radius 2 is 1.84 bits per heavy atom. The Morgan fingerprint density at radius 3 is 2.44 bits per heavy atom. The molecule has 2 aromatic carbocycles. The minimum atomic E-state index is -0.240. The number of hydrogen-bond donors (Lipinski definition) is 2. The molecule has 1 atom stereocenters. The highest BCUT2D eigenvalue weighted by atomic mass is 14.8. The number of nitrogens with two attached hydrogens (primary N) is 1. The molecule has 2 aromatic rings. The number of nitrogen functional groups attached to an aromatic ring is 1. The van der Waals surface area contributed by atoms with E-state index in [4.69, 9.17) is 5.73 Å². The first-order chi connectivity index (χ1) is 15.2. The van der Waals surface area contributed by atoms with Crippen molar-refractivity contribution < 1.29 is 0 Å². The van der Waals surface area contributed by atoms with E-state index in [2.05, 4.69) is 101 Å². The second-order valence-electron chi connectivity index (χ2n) is 8.74. The summed E-state index contributed by atoms with van der Waals surface area (Å²) in [5, 5.41) is 3.19. The zero-order valence-electron chi connectivity index (χ0n) is 19.7. The molecule has 0 spiro atoms. The van der Waals surface area contributed by atoms with Crippen molar-refractivity contribution >= 4 is 11.3 Å². The highest BCUT2D eigenvalue weighted by Gasteiger charge is 2.29. The second kappa shape index (κ2) is 9.74. The van der Waals surface area contributed by atoms with Crippen LogP contribution in [0.1, 0.15) is 43.9 Å². The van der Waals surface area contributed by atoms with Crippen LogP contribution in [-0.2, 0) is 0 Å². The maximum absolute atomic E-state index is 6.54. The molecule has 0 aliphatic carbocycles. The summed E-state index contributed by atoms with van der Waals surface area (Å²) in [4.78, 5) is 0. The zero-order valence-corrected chi connectivity index (χ0v) is 19.7. The fourth-order valence-corrected chi connectivity index (χ4v) is 4.14. The van der Waals surface area contributed by atoms with Gasteiger partial charge in [-0.05, 0) is 60.8 Å². The third-order valence-electron chi connectivity index (χ3n) is 6.07. The fraction of sp³-hybridized carbons (Fsp3) is 0.200. The molecule has 3 N–H and O–H groups in total.